The Balaban J connectivity index is 1.69. The van der Waals surface area contributed by atoms with Crippen LogP contribution in [-0.4, -0.2) is 70.9 Å². The van der Waals surface area contributed by atoms with E-state index < -0.39 is 0 Å². The van der Waals surface area contributed by atoms with Crippen LogP contribution in [0, 0.1) is 0 Å². The van der Waals surface area contributed by atoms with Gasteiger partial charge in [-0.1, -0.05) is 11.6 Å². The number of ether oxygens (including phenoxy) is 2. The second-order valence-electron chi connectivity index (χ2n) is 7.14. The number of benzene rings is 1. The SMILES string of the molecule is CCNC(=S)N(CCN1CCOCC1)Cc1cc(Cl)ccc1OCc1nc(CO)cs1. The summed E-state index contributed by atoms with van der Waals surface area (Å²) in [6, 6.07) is 5.63. The van der Waals surface area contributed by atoms with Gasteiger partial charge in [0.2, 0.25) is 0 Å². The minimum atomic E-state index is -0.0668. The van der Waals surface area contributed by atoms with Crippen molar-refractivity contribution in [2.24, 2.45) is 0 Å². The molecular formula is C21H29ClN4O3S2. The van der Waals surface area contributed by atoms with Gasteiger partial charge < -0.3 is 24.8 Å². The van der Waals surface area contributed by atoms with Crippen LogP contribution < -0.4 is 10.1 Å². The standard InChI is InChI=1S/C21H29ClN4O3S2/c1-2-23-21(30)26(6-5-25-7-9-28-10-8-25)12-16-11-17(22)3-4-19(16)29-14-20-24-18(13-27)15-31-20/h3-4,11,15,27H,2,5-10,12-14H2,1H3,(H,23,30). The molecule has 1 aromatic heterocycles. The molecule has 7 nitrogen and oxygen atoms in total. The molecule has 0 aliphatic carbocycles. The van der Waals surface area contributed by atoms with Crippen LogP contribution in [0.4, 0.5) is 0 Å². The first-order valence-corrected chi connectivity index (χ1v) is 12.0. The van der Waals surface area contributed by atoms with E-state index in [1.165, 1.54) is 11.3 Å². The molecule has 1 aliphatic rings. The highest BCUT2D eigenvalue weighted by molar-refractivity contribution is 7.80. The van der Waals surface area contributed by atoms with Gasteiger partial charge in [0.25, 0.3) is 0 Å². The number of rotatable bonds is 10. The van der Waals surface area contributed by atoms with E-state index in [2.05, 4.69) is 20.1 Å². The Bertz CT molecular complexity index is 846. The van der Waals surface area contributed by atoms with Gasteiger partial charge in [-0.25, -0.2) is 4.98 Å². The van der Waals surface area contributed by atoms with Crippen molar-refractivity contribution in [1.82, 2.24) is 20.1 Å². The van der Waals surface area contributed by atoms with Gasteiger partial charge in [-0.2, -0.15) is 0 Å². The van der Waals surface area contributed by atoms with Gasteiger partial charge in [-0.05, 0) is 37.3 Å². The average Bonchev–Trinajstić information content (AvgIpc) is 3.25. The van der Waals surface area contributed by atoms with Crippen molar-refractivity contribution in [2.45, 2.75) is 26.7 Å². The van der Waals surface area contributed by atoms with Gasteiger partial charge in [-0.15, -0.1) is 11.3 Å². The molecule has 2 N–H and O–H groups in total. The van der Waals surface area contributed by atoms with Gasteiger partial charge in [0.1, 0.15) is 17.4 Å². The maximum absolute atomic E-state index is 9.21. The number of aromatic nitrogens is 1. The number of morpholine rings is 1. The lowest BCUT2D eigenvalue weighted by molar-refractivity contribution is 0.0357. The second-order valence-corrected chi connectivity index (χ2v) is 8.91. The largest absolute Gasteiger partial charge is 0.486 e. The summed E-state index contributed by atoms with van der Waals surface area (Å²) in [7, 11) is 0. The number of thiocarbonyl (C=S) groups is 1. The van der Waals surface area contributed by atoms with Crippen LogP contribution in [0.2, 0.25) is 5.02 Å². The topological polar surface area (TPSA) is 70.1 Å². The van der Waals surface area contributed by atoms with Crippen molar-refractivity contribution in [3.63, 3.8) is 0 Å². The first-order valence-electron chi connectivity index (χ1n) is 10.4. The molecule has 0 unspecified atom stereocenters. The third-order valence-corrected chi connectivity index (χ3v) is 6.41. The van der Waals surface area contributed by atoms with Crippen molar-refractivity contribution in [1.29, 1.82) is 0 Å². The molecular weight excluding hydrogens is 456 g/mol. The molecule has 1 aliphatic heterocycles. The summed E-state index contributed by atoms with van der Waals surface area (Å²) in [5.74, 6) is 0.751. The first-order chi connectivity index (χ1) is 15.1. The molecule has 1 fully saturated rings. The van der Waals surface area contributed by atoms with Gasteiger partial charge in [-0.3, -0.25) is 4.90 Å². The molecule has 2 aromatic rings. The van der Waals surface area contributed by atoms with Crippen LogP contribution in [0.1, 0.15) is 23.2 Å². The Labute approximate surface area is 197 Å². The summed E-state index contributed by atoms with van der Waals surface area (Å²) < 4.78 is 11.5. The lowest BCUT2D eigenvalue weighted by Crippen LogP contribution is -2.45. The third kappa shape index (κ3) is 7.55. The average molecular weight is 485 g/mol. The highest BCUT2D eigenvalue weighted by Crippen LogP contribution is 2.26. The van der Waals surface area contributed by atoms with E-state index in [1.807, 2.05) is 30.5 Å². The fraction of sp³-hybridized carbons (Fsp3) is 0.524. The predicted molar refractivity (Wildman–Crippen MR) is 128 cm³/mol. The number of hydrogen-bond acceptors (Lipinski definition) is 7. The monoisotopic (exact) mass is 484 g/mol. The van der Waals surface area contributed by atoms with E-state index in [4.69, 9.17) is 33.3 Å². The van der Waals surface area contributed by atoms with Gasteiger partial charge >= 0.3 is 0 Å². The van der Waals surface area contributed by atoms with E-state index in [1.54, 1.807) is 0 Å². The minimum Gasteiger partial charge on any atom is -0.486 e. The second kappa shape index (κ2) is 12.5. The Morgan fingerprint density at radius 3 is 2.94 bits per heavy atom. The summed E-state index contributed by atoms with van der Waals surface area (Å²) >= 11 is 13.4. The smallest absolute Gasteiger partial charge is 0.169 e. The fourth-order valence-corrected chi connectivity index (χ4v) is 4.44. The van der Waals surface area contributed by atoms with Crippen molar-refractivity contribution >= 4 is 40.3 Å². The van der Waals surface area contributed by atoms with Crippen LogP contribution in [0.25, 0.3) is 0 Å². The van der Waals surface area contributed by atoms with Crippen LogP contribution in [0.3, 0.4) is 0 Å². The zero-order chi connectivity index (χ0) is 22.1. The van der Waals surface area contributed by atoms with E-state index >= 15 is 0 Å². The molecule has 0 bridgehead atoms. The number of hydrogen-bond donors (Lipinski definition) is 2. The van der Waals surface area contributed by atoms with E-state index in [0.717, 1.165) is 62.3 Å². The van der Waals surface area contributed by atoms with Crippen LogP contribution in [0.5, 0.6) is 5.75 Å². The maximum Gasteiger partial charge on any atom is 0.169 e. The van der Waals surface area contributed by atoms with Crippen LogP contribution in [-0.2, 0) is 24.5 Å². The summed E-state index contributed by atoms with van der Waals surface area (Å²) in [5.41, 5.74) is 1.62. The lowest BCUT2D eigenvalue weighted by atomic mass is 10.2. The molecule has 0 radical (unpaired) electrons. The molecule has 3 rings (SSSR count). The van der Waals surface area contributed by atoms with E-state index in [-0.39, 0.29) is 6.61 Å². The normalized spacial score (nSPS) is 14.4. The molecule has 31 heavy (non-hydrogen) atoms. The number of aliphatic hydroxyl groups is 1. The zero-order valence-electron chi connectivity index (χ0n) is 17.7. The molecule has 0 saturated carbocycles. The Kier molecular flexibility index (Phi) is 9.76. The number of thiazole rings is 1. The Morgan fingerprint density at radius 1 is 1.42 bits per heavy atom. The summed E-state index contributed by atoms with van der Waals surface area (Å²) in [6.45, 7) is 8.81. The number of halogens is 1. The van der Waals surface area contributed by atoms with Crippen molar-refractivity contribution < 1.29 is 14.6 Å². The highest BCUT2D eigenvalue weighted by Gasteiger charge is 2.17. The van der Waals surface area contributed by atoms with Crippen molar-refractivity contribution in [2.75, 3.05) is 45.9 Å². The molecule has 1 aromatic carbocycles. The summed E-state index contributed by atoms with van der Waals surface area (Å²) in [5, 5.41) is 16.5. The molecule has 1 saturated heterocycles. The molecule has 0 spiro atoms. The summed E-state index contributed by atoms with van der Waals surface area (Å²) in [4.78, 5) is 8.89. The number of nitrogens with zero attached hydrogens (tertiary/aromatic N) is 3. The van der Waals surface area contributed by atoms with E-state index in [0.29, 0.717) is 29.0 Å². The van der Waals surface area contributed by atoms with Gasteiger partial charge in [0.15, 0.2) is 5.11 Å². The Hall–Kier alpha value is -1.49. The zero-order valence-corrected chi connectivity index (χ0v) is 20.1. The fourth-order valence-electron chi connectivity index (χ4n) is 3.25. The van der Waals surface area contributed by atoms with Crippen LogP contribution >= 0.6 is 35.2 Å². The predicted octanol–water partition coefficient (Wildman–Crippen LogP) is 2.90. The summed E-state index contributed by atoms with van der Waals surface area (Å²) in [6.07, 6.45) is 0. The molecule has 170 valence electrons. The molecule has 10 heteroatoms. The van der Waals surface area contributed by atoms with Crippen molar-refractivity contribution in [3.05, 3.63) is 44.9 Å². The van der Waals surface area contributed by atoms with Crippen LogP contribution in [0.15, 0.2) is 23.6 Å². The molecule has 0 atom stereocenters. The van der Waals surface area contributed by atoms with Gasteiger partial charge in [0.05, 0.1) is 25.5 Å². The quantitative estimate of drug-likeness (QED) is 0.499. The van der Waals surface area contributed by atoms with Crippen molar-refractivity contribution in [3.8, 4) is 5.75 Å². The Morgan fingerprint density at radius 2 is 2.23 bits per heavy atom. The molecule has 2 heterocycles. The maximum atomic E-state index is 9.21. The lowest BCUT2D eigenvalue weighted by Gasteiger charge is -2.31. The highest BCUT2D eigenvalue weighted by atomic mass is 35.5. The third-order valence-electron chi connectivity index (χ3n) is 4.90. The molecule has 0 amide bonds. The number of aliphatic hydroxyl groups excluding tert-OH is 1. The van der Waals surface area contributed by atoms with E-state index in [9.17, 15) is 5.11 Å². The number of nitrogens with one attached hydrogen (secondary N) is 1. The minimum absolute atomic E-state index is 0.0668. The first kappa shape index (κ1) is 24.2. The van der Waals surface area contributed by atoms with Gasteiger partial charge in [0, 0.05) is 55.2 Å².